The van der Waals surface area contributed by atoms with Crippen molar-refractivity contribution < 1.29 is 28.7 Å². The lowest BCUT2D eigenvalue weighted by atomic mass is 9.83. The molecule has 35 heavy (non-hydrogen) atoms. The number of nitrogens with one attached hydrogen (secondary N) is 3. The zero-order valence-corrected chi connectivity index (χ0v) is 20.5. The van der Waals surface area contributed by atoms with Crippen LogP contribution in [-0.4, -0.2) is 48.1 Å². The molecule has 1 aliphatic carbocycles. The van der Waals surface area contributed by atoms with Crippen molar-refractivity contribution in [3.05, 3.63) is 48.6 Å². The Bertz CT molecular complexity index is 936. The van der Waals surface area contributed by atoms with E-state index >= 15 is 0 Å². The van der Waals surface area contributed by atoms with Crippen LogP contribution in [0.1, 0.15) is 45.6 Å². The molecule has 9 heteroatoms. The molecule has 1 aliphatic heterocycles. The highest BCUT2D eigenvalue weighted by atomic mass is 16.6. The molecule has 0 aromatic heterocycles. The summed E-state index contributed by atoms with van der Waals surface area (Å²) in [4.78, 5) is 48.8. The van der Waals surface area contributed by atoms with E-state index in [1.807, 2.05) is 44.2 Å². The van der Waals surface area contributed by atoms with Crippen LogP contribution in [-0.2, 0) is 30.5 Å². The van der Waals surface area contributed by atoms with Gasteiger partial charge in [0.1, 0.15) is 18.6 Å². The predicted octanol–water partition coefficient (Wildman–Crippen LogP) is 2.45. The van der Waals surface area contributed by atoms with Gasteiger partial charge in [-0.1, -0.05) is 56.7 Å². The molecule has 2 fully saturated rings. The SMILES string of the molecule is C=C[C@H](C[C@H]1C[C@@H]1NC(=O)[C@@H]1OC(=O)[C@H]1[C@@H](C)CC)NC(=O)[C@H](C)NC(=O)OCc1ccccc1. The van der Waals surface area contributed by atoms with Gasteiger partial charge in [0.2, 0.25) is 5.91 Å². The van der Waals surface area contributed by atoms with Crippen molar-refractivity contribution in [1.29, 1.82) is 0 Å². The lowest BCUT2D eigenvalue weighted by molar-refractivity contribution is -0.193. The fraction of sp³-hybridized carbons (Fsp3) is 0.538. The normalized spacial score (nSPS) is 25.1. The molecule has 7 atom stereocenters. The van der Waals surface area contributed by atoms with Crippen LogP contribution >= 0.6 is 0 Å². The van der Waals surface area contributed by atoms with Crippen LogP contribution in [0.4, 0.5) is 4.79 Å². The second kappa shape index (κ2) is 11.9. The molecule has 2 aliphatic rings. The average Bonchev–Trinajstić information content (AvgIpc) is 3.57. The Morgan fingerprint density at radius 3 is 2.54 bits per heavy atom. The van der Waals surface area contributed by atoms with Crippen molar-refractivity contribution in [2.45, 2.75) is 70.9 Å². The van der Waals surface area contributed by atoms with E-state index in [9.17, 15) is 19.2 Å². The molecule has 0 unspecified atom stereocenters. The van der Waals surface area contributed by atoms with E-state index in [2.05, 4.69) is 22.5 Å². The largest absolute Gasteiger partial charge is 0.451 e. The van der Waals surface area contributed by atoms with Gasteiger partial charge in [-0.25, -0.2) is 4.79 Å². The molecule has 0 radical (unpaired) electrons. The molecular weight excluding hydrogens is 450 g/mol. The molecule has 3 N–H and O–H groups in total. The summed E-state index contributed by atoms with van der Waals surface area (Å²) in [5, 5.41) is 8.34. The molecule has 1 saturated heterocycles. The summed E-state index contributed by atoms with van der Waals surface area (Å²) < 4.78 is 10.2. The lowest BCUT2D eigenvalue weighted by Crippen LogP contribution is -2.56. The predicted molar refractivity (Wildman–Crippen MR) is 129 cm³/mol. The second-order valence-electron chi connectivity index (χ2n) is 9.39. The number of carbonyl (C=O) groups is 4. The Kier molecular flexibility index (Phi) is 8.89. The summed E-state index contributed by atoms with van der Waals surface area (Å²) in [7, 11) is 0. The minimum Gasteiger partial charge on any atom is -0.451 e. The third-order valence-electron chi connectivity index (χ3n) is 6.72. The number of benzene rings is 1. The maximum Gasteiger partial charge on any atom is 0.408 e. The lowest BCUT2D eigenvalue weighted by Gasteiger charge is -2.37. The number of rotatable bonds is 12. The van der Waals surface area contributed by atoms with E-state index in [0.717, 1.165) is 18.4 Å². The molecule has 1 aromatic carbocycles. The molecular formula is C26H35N3O6. The summed E-state index contributed by atoms with van der Waals surface area (Å²) in [6.07, 6.45) is 2.42. The second-order valence-corrected chi connectivity index (χ2v) is 9.39. The van der Waals surface area contributed by atoms with Gasteiger partial charge in [0, 0.05) is 12.1 Å². The summed E-state index contributed by atoms with van der Waals surface area (Å²) in [6.45, 7) is 9.41. The third-order valence-corrected chi connectivity index (χ3v) is 6.72. The van der Waals surface area contributed by atoms with Crippen LogP contribution in [0.25, 0.3) is 0 Å². The molecule has 190 valence electrons. The first-order valence-corrected chi connectivity index (χ1v) is 12.1. The number of esters is 1. The summed E-state index contributed by atoms with van der Waals surface area (Å²) >= 11 is 0. The number of alkyl carbamates (subject to hydrolysis) is 1. The van der Waals surface area contributed by atoms with Crippen molar-refractivity contribution in [1.82, 2.24) is 16.0 Å². The molecule has 3 amide bonds. The topological polar surface area (TPSA) is 123 Å². The van der Waals surface area contributed by atoms with Gasteiger partial charge in [0.15, 0.2) is 6.10 Å². The van der Waals surface area contributed by atoms with Crippen LogP contribution in [0, 0.1) is 17.8 Å². The van der Waals surface area contributed by atoms with Crippen molar-refractivity contribution >= 4 is 23.9 Å². The van der Waals surface area contributed by atoms with Gasteiger partial charge in [-0.3, -0.25) is 14.4 Å². The highest BCUT2D eigenvalue weighted by Gasteiger charge is 2.51. The van der Waals surface area contributed by atoms with Gasteiger partial charge in [0.25, 0.3) is 5.91 Å². The Balaban J connectivity index is 1.37. The molecule has 0 bridgehead atoms. The van der Waals surface area contributed by atoms with Gasteiger partial charge in [0.05, 0.1) is 0 Å². The number of cyclic esters (lactones) is 1. The minimum atomic E-state index is -0.791. The van der Waals surface area contributed by atoms with Crippen LogP contribution in [0.2, 0.25) is 0 Å². The van der Waals surface area contributed by atoms with Crippen molar-refractivity contribution in [2.24, 2.45) is 17.8 Å². The van der Waals surface area contributed by atoms with Crippen LogP contribution < -0.4 is 16.0 Å². The van der Waals surface area contributed by atoms with Crippen molar-refractivity contribution in [2.75, 3.05) is 0 Å². The Morgan fingerprint density at radius 2 is 1.91 bits per heavy atom. The van der Waals surface area contributed by atoms with Crippen LogP contribution in [0.5, 0.6) is 0 Å². The fourth-order valence-corrected chi connectivity index (χ4v) is 4.13. The molecule has 0 spiro atoms. The monoisotopic (exact) mass is 485 g/mol. The van der Waals surface area contributed by atoms with Gasteiger partial charge >= 0.3 is 12.1 Å². The first kappa shape index (κ1) is 26.2. The van der Waals surface area contributed by atoms with E-state index in [0.29, 0.717) is 6.42 Å². The molecule has 9 nitrogen and oxygen atoms in total. The first-order chi connectivity index (χ1) is 16.7. The molecule has 3 rings (SSSR count). The van der Waals surface area contributed by atoms with Crippen LogP contribution in [0.15, 0.2) is 43.0 Å². The highest BCUT2D eigenvalue weighted by Crippen LogP contribution is 2.37. The van der Waals surface area contributed by atoms with Gasteiger partial charge in [-0.05, 0) is 37.2 Å². The van der Waals surface area contributed by atoms with E-state index in [1.54, 1.807) is 13.0 Å². The van der Waals surface area contributed by atoms with E-state index in [4.69, 9.17) is 9.47 Å². The van der Waals surface area contributed by atoms with Gasteiger partial charge in [-0.15, -0.1) is 6.58 Å². The Morgan fingerprint density at radius 1 is 1.20 bits per heavy atom. The zero-order valence-electron chi connectivity index (χ0n) is 20.5. The van der Waals surface area contributed by atoms with E-state index in [-0.39, 0.29) is 54.2 Å². The number of hydrogen-bond acceptors (Lipinski definition) is 6. The number of carbonyl (C=O) groups excluding carboxylic acids is 4. The fourth-order valence-electron chi connectivity index (χ4n) is 4.13. The number of ether oxygens (including phenoxy) is 2. The van der Waals surface area contributed by atoms with Gasteiger partial charge in [-0.2, -0.15) is 0 Å². The minimum absolute atomic E-state index is 0.0257. The van der Waals surface area contributed by atoms with E-state index in [1.165, 1.54) is 0 Å². The maximum atomic E-state index is 12.5. The first-order valence-electron chi connectivity index (χ1n) is 12.1. The van der Waals surface area contributed by atoms with Gasteiger partial charge < -0.3 is 25.4 Å². The Labute approximate surface area is 206 Å². The highest BCUT2D eigenvalue weighted by molar-refractivity contribution is 5.94. The number of amides is 3. The zero-order chi connectivity index (χ0) is 25.5. The summed E-state index contributed by atoms with van der Waals surface area (Å²) in [5.74, 6) is -1.04. The smallest absolute Gasteiger partial charge is 0.408 e. The average molecular weight is 486 g/mol. The van der Waals surface area contributed by atoms with Crippen LogP contribution in [0.3, 0.4) is 0 Å². The summed E-state index contributed by atoms with van der Waals surface area (Å²) in [6, 6.07) is 8.13. The quantitative estimate of drug-likeness (QED) is 0.309. The summed E-state index contributed by atoms with van der Waals surface area (Å²) in [5.41, 5.74) is 0.850. The number of hydrogen-bond donors (Lipinski definition) is 3. The van der Waals surface area contributed by atoms with E-state index < -0.39 is 18.2 Å². The maximum absolute atomic E-state index is 12.5. The standard InChI is InChI=1S/C26H35N3O6/c1-5-15(3)21-22(35-25(21)32)24(31)29-20-13-18(20)12-19(6-2)28-23(30)16(4)27-26(33)34-14-17-10-8-7-9-11-17/h6-11,15-16,18-22H,2,5,12-14H2,1,3-4H3,(H,27,33)(H,28,30)(H,29,31)/t15-,16-,18-,19+,20-,21-,22+/m0/s1. The molecule has 1 aromatic rings. The molecule has 1 saturated carbocycles. The van der Waals surface area contributed by atoms with Crippen molar-refractivity contribution in [3.8, 4) is 0 Å². The van der Waals surface area contributed by atoms with Crippen molar-refractivity contribution in [3.63, 3.8) is 0 Å². The Hall–Kier alpha value is -3.36. The molecule has 1 heterocycles. The third kappa shape index (κ3) is 7.07.